The van der Waals surface area contributed by atoms with Crippen LogP contribution in [-0.2, 0) is 15.9 Å². The SMILES string of the molecule is CCOC1=N[C@@H](C(C)C)C(OCC)=N[C@H]1Cc1cc(OC)cc(OC)c1. The van der Waals surface area contributed by atoms with Crippen LogP contribution < -0.4 is 9.47 Å². The van der Waals surface area contributed by atoms with E-state index >= 15 is 0 Å². The van der Waals surface area contributed by atoms with Crippen molar-refractivity contribution in [3.8, 4) is 11.5 Å². The third kappa shape index (κ3) is 4.90. The number of benzene rings is 1. The Morgan fingerprint density at radius 1 is 0.885 bits per heavy atom. The molecule has 1 aromatic rings. The van der Waals surface area contributed by atoms with Gasteiger partial charge in [-0.25, -0.2) is 9.98 Å². The van der Waals surface area contributed by atoms with Gasteiger partial charge in [0.25, 0.3) is 0 Å². The highest BCUT2D eigenvalue weighted by Gasteiger charge is 2.31. The van der Waals surface area contributed by atoms with Gasteiger partial charge in [-0.2, -0.15) is 0 Å². The molecule has 26 heavy (non-hydrogen) atoms. The zero-order chi connectivity index (χ0) is 19.1. The molecule has 1 aliphatic rings. The molecule has 0 unspecified atom stereocenters. The molecule has 0 N–H and O–H groups in total. The Morgan fingerprint density at radius 3 is 1.96 bits per heavy atom. The first kappa shape index (κ1) is 20.1. The highest BCUT2D eigenvalue weighted by molar-refractivity contribution is 5.94. The topological polar surface area (TPSA) is 61.6 Å². The summed E-state index contributed by atoms with van der Waals surface area (Å²) in [5.74, 6) is 3.13. The van der Waals surface area contributed by atoms with Crippen LogP contribution in [0.3, 0.4) is 0 Å². The average Bonchev–Trinajstić information content (AvgIpc) is 2.63. The van der Waals surface area contributed by atoms with Crippen molar-refractivity contribution in [2.45, 2.75) is 46.2 Å². The molecule has 6 heteroatoms. The monoisotopic (exact) mass is 362 g/mol. The third-order valence-electron chi connectivity index (χ3n) is 4.14. The van der Waals surface area contributed by atoms with Crippen LogP contribution in [-0.4, -0.2) is 51.3 Å². The maximum Gasteiger partial charge on any atom is 0.210 e. The Hall–Kier alpha value is -2.24. The molecule has 1 heterocycles. The summed E-state index contributed by atoms with van der Waals surface area (Å²) in [6, 6.07) is 5.49. The molecule has 2 atom stereocenters. The third-order valence-corrected chi connectivity index (χ3v) is 4.14. The molecule has 0 bridgehead atoms. The van der Waals surface area contributed by atoms with E-state index in [-0.39, 0.29) is 18.0 Å². The second-order valence-corrected chi connectivity index (χ2v) is 6.43. The fourth-order valence-corrected chi connectivity index (χ4v) is 2.89. The van der Waals surface area contributed by atoms with Gasteiger partial charge in [0.05, 0.1) is 27.4 Å². The fraction of sp³-hybridized carbons (Fsp3) is 0.600. The van der Waals surface area contributed by atoms with Crippen LogP contribution in [0.2, 0.25) is 0 Å². The lowest BCUT2D eigenvalue weighted by Crippen LogP contribution is -2.39. The molecule has 1 aromatic carbocycles. The molecule has 0 spiro atoms. The summed E-state index contributed by atoms with van der Waals surface area (Å²) >= 11 is 0. The Morgan fingerprint density at radius 2 is 1.46 bits per heavy atom. The summed E-state index contributed by atoms with van der Waals surface area (Å²) in [6.07, 6.45) is 0.633. The molecule has 0 aromatic heterocycles. The van der Waals surface area contributed by atoms with Crippen molar-refractivity contribution in [3.63, 3.8) is 0 Å². The van der Waals surface area contributed by atoms with Crippen LogP contribution in [0.1, 0.15) is 33.3 Å². The number of rotatable bonds is 7. The summed E-state index contributed by atoms with van der Waals surface area (Å²) in [5.41, 5.74) is 1.04. The molecule has 144 valence electrons. The van der Waals surface area contributed by atoms with Crippen LogP contribution >= 0.6 is 0 Å². The normalized spacial score (nSPS) is 19.7. The Kier molecular flexibility index (Phi) is 7.30. The van der Waals surface area contributed by atoms with Crippen molar-refractivity contribution in [2.75, 3.05) is 27.4 Å². The van der Waals surface area contributed by atoms with Crippen LogP contribution in [0.5, 0.6) is 11.5 Å². The molecule has 0 fully saturated rings. The molecule has 2 rings (SSSR count). The summed E-state index contributed by atoms with van der Waals surface area (Å²) in [4.78, 5) is 9.65. The number of ether oxygens (including phenoxy) is 4. The first-order valence-electron chi connectivity index (χ1n) is 9.15. The first-order chi connectivity index (χ1) is 12.5. The van der Waals surface area contributed by atoms with E-state index in [4.69, 9.17) is 28.9 Å². The minimum absolute atomic E-state index is 0.104. The quantitative estimate of drug-likeness (QED) is 0.744. The molecule has 0 saturated heterocycles. The zero-order valence-corrected chi connectivity index (χ0v) is 16.6. The van der Waals surface area contributed by atoms with E-state index < -0.39 is 0 Å². The van der Waals surface area contributed by atoms with Gasteiger partial charge in [-0.15, -0.1) is 0 Å². The largest absolute Gasteiger partial charge is 0.497 e. The van der Waals surface area contributed by atoms with E-state index in [9.17, 15) is 0 Å². The second-order valence-electron chi connectivity index (χ2n) is 6.43. The number of nitrogens with zero attached hydrogens (tertiary/aromatic N) is 2. The number of methoxy groups -OCH3 is 2. The molecule has 0 radical (unpaired) electrons. The highest BCUT2D eigenvalue weighted by atomic mass is 16.5. The van der Waals surface area contributed by atoms with Crippen molar-refractivity contribution in [1.29, 1.82) is 0 Å². The van der Waals surface area contributed by atoms with Gasteiger partial charge in [0.15, 0.2) is 0 Å². The van der Waals surface area contributed by atoms with Crippen molar-refractivity contribution in [3.05, 3.63) is 23.8 Å². The highest BCUT2D eigenvalue weighted by Crippen LogP contribution is 2.26. The van der Waals surface area contributed by atoms with E-state index in [0.29, 0.717) is 31.4 Å². The summed E-state index contributed by atoms with van der Waals surface area (Å²) in [7, 11) is 3.29. The molecule has 1 aliphatic heterocycles. The predicted molar refractivity (Wildman–Crippen MR) is 104 cm³/mol. The van der Waals surface area contributed by atoms with Gasteiger partial charge in [0.1, 0.15) is 23.6 Å². The van der Waals surface area contributed by atoms with Crippen LogP contribution in [0.15, 0.2) is 28.2 Å². The second kappa shape index (κ2) is 9.46. The van der Waals surface area contributed by atoms with Gasteiger partial charge in [-0.05, 0) is 37.5 Å². The average molecular weight is 362 g/mol. The molecule has 0 amide bonds. The summed E-state index contributed by atoms with van der Waals surface area (Å²) in [6.45, 7) is 9.27. The van der Waals surface area contributed by atoms with Gasteiger partial charge >= 0.3 is 0 Å². The van der Waals surface area contributed by atoms with Gasteiger partial charge in [-0.1, -0.05) is 13.8 Å². The predicted octanol–water partition coefficient (Wildman–Crippen LogP) is 3.52. The lowest BCUT2D eigenvalue weighted by Gasteiger charge is -2.28. The van der Waals surface area contributed by atoms with Gasteiger partial charge in [0.2, 0.25) is 11.8 Å². The van der Waals surface area contributed by atoms with Gasteiger partial charge in [-0.3, -0.25) is 0 Å². The molecular weight excluding hydrogens is 332 g/mol. The van der Waals surface area contributed by atoms with Crippen molar-refractivity contribution in [1.82, 2.24) is 0 Å². The van der Waals surface area contributed by atoms with Crippen molar-refractivity contribution < 1.29 is 18.9 Å². The maximum atomic E-state index is 5.81. The van der Waals surface area contributed by atoms with Crippen LogP contribution in [0.4, 0.5) is 0 Å². The Balaban J connectivity index is 2.34. The maximum absolute atomic E-state index is 5.81. The standard InChI is InChI=1S/C20H30N2O4/c1-7-25-19-17(21-20(26-8-2)18(22-19)13(3)4)11-14-9-15(23-5)12-16(10-14)24-6/h9-10,12-13,17-18H,7-8,11H2,1-6H3/t17-,18-/m0/s1. The lowest BCUT2D eigenvalue weighted by molar-refractivity contribution is 0.275. The van der Waals surface area contributed by atoms with E-state index in [1.807, 2.05) is 32.0 Å². The number of aliphatic imine (C=N–C) groups is 2. The summed E-state index contributed by atoms with van der Waals surface area (Å²) < 4.78 is 22.3. The molecule has 6 nitrogen and oxygen atoms in total. The van der Waals surface area contributed by atoms with Crippen LogP contribution in [0.25, 0.3) is 0 Å². The minimum atomic E-state index is -0.219. The number of hydrogen-bond donors (Lipinski definition) is 0. The van der Waals surface area contributed by atoms with E-state index in [1.54, 1.807) is 14.2 Å². The van der Waals surface area contributed by atoms with Crippen molar-refractivity contribution >= 4 is 11.8 Å². The smallest absolute Gasteiger partial charge is 0.210 e. The van der Waals surface area contributed by atoms with E-state index in [0.717, 1.165) is 17.1 Å². The van der Waals surface area contributed by atoms with Crippen molar-refractivity contribution in [2.24, 2.45) is 15.9 Å². The fourth-order valence-electron chi connectivity index (χ4n) is 2.89. The van der Waals surface area contributed by atoms with Crippen LogP contribution in [0, 0.1) is 5.92 Å². The molecule has 0 saturated carbocycles. The molecule has 0 aliphatic carbocycles. The molecular formula is C20H30N2O4. The Bertz CT molecular complexity index is 633. The zero-order valence-electron chi connectivity index (χ0n) is 16.6. The summed E-state index contributed by atoms with van der Waals surface area (Å²) in [5, 5.41) is 0. The van der Waals surface area contributed by atoms with E-state index in [1.165, 1.54) is 0 Å². The van der Waals surface area contributed by atoms with Gasteiger partial charge < -0.3 is 18.9 Å². The Labute approximate surface area is 156 Å². The lowest BCUT2D eigenvalue weighted by atomic mass is 10.00. The number of hydrogen-bond acceptors (Lipinski definition) is 6. The first-order valence-corrected chi connectivity index (χ1v) is 9.15. The van der Waals surface area contributed by atoms with Gasteiger partial charge in [0, 0.05) is 12.5 Å². The van der Waals surface area contributed by atoms with E-state index in [2.05, 4.69) is 13.8 Å². The minimum Gasteiger partial charge on any atom is -0.497 e.